The molecule has 7 heteroatoms. The number of anilines is 1. The second-order valence-electron chi connectivity index (χ2n) is 5.27. The van der Waals surface area contributed by atoms with E-state index in [2.05, 4.69) is 10.6 Å². The molecule has 3 aromatic carbocycles. The fourth-order valence-corrected chi connectivity index (χ4v) is 2.55. The summed E-state index contributed by atoms with van der Waals surface area (Å²) in [5.41, 5.74) is 0.967. The smallest absolute Gasteiger partial charge is 0.269 e. The van der Waals surface area contributed by atoms with Crippen LogP contribution in [0.25, 0.3) is 10.8 Å². The molecule has 0 aromatic heterocycles. The van der Waals surface area contributed by atoms with Gasteiger partial charge in [0.25, 0.3) is 11.6 Å². The number of fused-ring (bicyclic) bond motifs is 1. The highest BCUT2D eigenvalue weighted by Crippen LogP contribution is 2.18. The van der Waals surface area contributed by atoms with E-state index in [9.17, 15) is 14.9 Å². The quantitative estimate of drug-likeness (QED) is 0.425. The second kappa shape index (κ2) is 7.06. The molecule has 0 saturated heterocycles. The molecule has 2 N–H and O–H groups in total. The minimum atomic E-state index is -0.520. The number of nitro benzene ring substituents is 1. The van der Waals surface area contributed by atoms with Gasteiger partial charge in [0.05, 0.1) is 4.92 Å². The molecule has 6 nitrogen and oxygen atoms in total. The first-order valence-electron chi connectivity index (χ1n) is 7.38. The number of rotatable bonds is 3. The van der Waals surface area contributed by atoms with Crippen LogP contribution in [0.3, 0.4) is 0 Å². The van der Waals surface area contributed by atoms with E-state index in [1.54, 1.807) is 0 Å². The molecule has 0 aliphatic rings. The summed E-state index contributed by atoms with van der Waals surface area (Å²) in [4.78, 5) is 22.2. The summed E-state index contributed by atoms with van der Waals surface area (Å²) in [5, 5.41) is 18.4. The van der Waals surface area contributed by atoms with E-state index in [0.29, 0.717) is 0 Å². The van der Waals surface area contributed by atoms with Crippen molar-refractivity contribution in [3.63, 3.8) is 0 Å². The van der Waals surface area contributed by atoms with Gasteiger partial charge in [0, 0.05) is 23.4 Å². The van der Waals surface area contributed by atoms with Crippen LogP contribution in [0.1, 0.15) is 10.4 Å². The Morgan fingerprint density at radius 1 is 0.960 bits per heavy atom. The molecular weight excluding hydrogens is 338 g/mol. The highest BCUT2D eigenvalue weighted by atomic mass is 32.1. The molecule has 0 unspecified atom stereocenters. The van der Waals surface area contributed by atoms with E-state index < -0.39 is 10.8 Å². The van der Waals surface area contributed by atoms with Gasteiger partial charge in [-0.15, -0.1) is 0 Å². The van der Waals surface area contributed by atoms with E-state index in [1.165, 1.54) is 24.3 Å². The highest BCUT2D eigenvalue weighted by molar-refractivity contribution is 7.80. The predicted octanol–water partition coefficient (Wildman–Crippen LogP) is 3.87. The molecule has 3 rings (SSSR count). The standard InChI is InChI=1S/C18H13N3O3S/c22-17(13-6-9-16(10-7-13)21(23)24)20-18(25)19-15-8-5-12-3-1-2-4-14(12)11-15/h1-11H,(H2,19,20,22,25). The molecule has 0 saturated carbocycles. The third-order valence-electron chi connectivity index (χ3n) is 3.57. The number of nitro groups is 1. The Bertz CT molecular complexity index is 971. The fourth-order valence-electron chi connectivity index (χ4n) is 2.34. The van der Waals surface area contributed by atoms with Gasteiger partial charge in [-0.3, -0.25) is 20.2 Å². The summed E-state index contributed by atoms with van der Waals surface area (Å²) in [7, 11) is 0. The van der Waals surface area contributed by atoms with E-state index in [-0.39, 0.29) is 16.4 Å². The van der Waals surface area contributed by atoms with Gasteiger partial charge in [0.2, 0.25) is 0 Å². The molecule has 124 valence electrons. The maximum Gasteiger partial charge on any atom is 0.269 e. The van der Waals surface area contributed by atoms with Crippen LogP contribution in [0.4, 0.5) is 11.4 Å². The maximum atomic E-state index is 12.1. The SMILES string of the molecule is O=C(NC(=S)Nc1ccc2ccccc2c1)c1ccc([N+](=O)[O-])cc1. The summed E-state index contributed by atoms with van der Waals surface area (Å²) in [5.74, 6) is -0.437. The zero-order chi connectivity index (χ0) is 17.8. The molecule has 25 heavy (non-hydrogen) atoms. The average Bonchev–Trinajstić information content (AvgIpc) is 2.61. The van der Waals surface area contributed by atoms with Gasteiger partial charge in [-0.25, -0.2) is 0 Å². The third kappa shape index (κ3) is 3.96. The van der Waals surface area contributed by atoms with Gasteiger partial charge in [0.15, 0.2) is 5.11 Å². The molecule has 0 radical (unpaired) electrons. The van der Waals surface area contributed by atoms with Gasteiger partial charge in [-0.2, -0.15) is 0 Å². The number of hydrogen-bond acceptors (Lipinski definition) is 4. The second-order valence-corrected chi connectivity index (χ2v) is 5.68. The number of benzene rings is 3. The van der Waals surface area contributed by atoms with Crippen molar-refractivity contribution in [2.24, 2.45) is 0 Å². The summed E-state index contributed by atoms with van der Waals surface area (Å²) >= 11 is 5.15. The number of carbonyl (C=O) groups is 1. The maximum absolute atomic E-state index is 12.1. The first-order chi connectivity index (χ1) is 12.0. The number of hydrogen-bond donors (Lipinski definition) is 2. The van der Waals surface area contributed by atoms with Crippen molar-refractivity contribution in [1.82, 2.24) is 5.32 Å². The Hall–Kier alpha value is -3.32. The summed E-state index contributed by atoms with van der Waals surface area (Å²) in [6.07, 6.45) is 0. The van der Waals surface area contributed by atoms with Gasteiger partial charge >= 0.3 is 0 Å². The topological polar surface area (TPSA) is 84.3 Å². The number of carbonyl (C=O) groups excluding carboxylic acids is 1. The van der Waals surface area contributed by atoms with Crippen molar-refractivity contribution in [1.29, 1.82) is 0 Å². The lowest BCUT2D eigenvalue weighted by Gasteiger charge is -2.10. The minimum Gasteiger partial charge on any atom is -0.332 e. The Morgan fingerprint density at radius 2 is 1.64 bits per heavy atom. The Balaban J connectivity index is 1.66. The van der Waals surface area contributed by atoms with Crippen LogP contribution in [0.2, 0.25) is 0 Å². The largest absolute Gasteiger partial charge is 0.332 e. The van der Waals surface area contributed by atoms with Crippen molar-refractivity contribution in [3.8, 4) is 0 Å². The summed E-state index contributed by atoms with van der Waals surface area (Å²) < 4.78 is 0. The molecule has 3 aromatic rings. The van der Waals surface area contributed by atoms with Gasteiger partial charge < -0.3 is 5.32 Å². The van der Waals surface area contributed by atoms with Crippen LogP contribution in [0, 0.1) is 10.1 Å². The first kappa shape index (κ1) is 16.5. The molecule has 0 aliphatic heterocycles. The van der Waals surface area contributed by atoms with Crippen molar-refractivity contribution >= 4 is 45.4 Å². The normalized spacial score (nSPS) is 10.2. The van der Waals surface area contributed by atoms with Crippen molar-refractivity contribution in [2.45, 2.75) is 0 Å². The molecule has 0 aliphatic carbocycles. The minimum absolute atomic E-state index is 0.0755. The van der Waals surface area contributed by atoms with Crippen molar-refractivity contribution in [2.75, 3.05) is 5.32 Å². The number of amides is 1. The number of non-ortho nitro benzene ring substituents is 1. The van der Waals surface area contributed by atoms with E-state index in [4.69, 9.17) is 12.2 Å². The van der Waals surface area contributed by atoms with Crippen LogP contribution >= 0.6 is 12.2 Å². The van der Waals surface area contributed by atoms with Crippen LogP contribution in [0.15, 0.2) is 66.7 Å². The molecule has 0 spiro atoms. The predicted molar refractivity (Wildman–Crippen MR) is 101 cm³/mol. The number of thiocarbonyl (C=S) groups is 1. The van der Waals surface area contributed by atoms with Crippen molar-refractivity contribution < 1.29 is 9.72 Å². The number of nitrogens with zero attached hydrogens (tertiary/aromatic N) is 1. The lowest BCUT2D eigenvalue weighted by molar-refractivity contribution is -0.384. The zero-order valence-electron chi connectivity index (χ0n) is 12.9. The fraction of sp³-hybridized carbons (Fsp3) is 0. The van der Waals surface area contributed by atoms with Crippen LogP contribution in [-0.4, -0.2) is 15.9 Å². The van der Waals surface area contributed by atoms with Crippen LogP contribution < -0.4 is 10.6 Å². The van der Waals surface area contributed by atoms with E-state index in [0.717, 1.165) is 16.5 Å². The van der Waals surface area contributed by atoms with E-state index >= 15 is 0 Å². The average molecular weight is 351 g/mol. The van der Waals surface area contributed by atoms with Gasteiger partial charge in [0.1, 0.15) is 0 Å². The molecule has 0 heterocycles. The molecule has 1 amide bonds. The first-order valence-corrected chi connectivity index (χ1v) is 7.79. The highest BCUT2D eigenvalue weighted by Gasteiger charge is 2.11. The Kier molecular flexibility index (Phi) is 4.67. The van der Waals surface area contributed by atoms with Crippen LogP contribution in [-0.2, 0) is 0 Å². The third-order valence-corrected chi connectivity index (χ3v) is 3.78. The Morgan fingerprint density at radius 3 is 2.32 bits per heavy atom. The molecule has 0 bridgehead atoms. The summed E-state index contributed by atoms with van der Waals surface area (Å²) in [6.45, 7) is 0. The zero-order valence-corrected chi connectivity index (χ0v) is 13.7. The Labute approximate surface area is 148 Å². The van der Waals surface area contributed by atoms with Gasteiger partial charge in [-0.1, -0.05) is 30.3 Å². The summed E-state index contributed by atoms with van der Waals surface area (Å²) in [6, 6.07) is 19.0. The van der Waals surface area contributed by atoms with Gasteiger partial charge in [-0.05, 0) is 47.3 Å². The lowest BCUT2D eigenvalue weighted by Crippen LogP contribution is -2.34. The van der Waals surface area contributed by atoms with Crippen molar-refractivity contribution in [3.05, 3.63) is 82.4 Å². The van der Waals surface area contributed by atoms with Crippen LogP contribution in [0.5, 0.6) is 0 Å². The lowest BCUT2D eigenvalue weighted by atomic mass is 10.1. The monoisotopic (exact) mass is 351 g/mol. The molecular formula is C18H13N3O3S. The molecule has 0 atom stereocenters. The van der Waals surface area contributed by atoms with E-state index in [1.807, 2.05) is 42.5 Å². The number of nitrogens with one attached hydrogen (secondary N) is 2. The molecule has 0 fully saturated rings.